The average molecular weight is 339 g/mol. The normalized spacial score (nSPS) is 12.9. The van der Waals surface area contributed by atoms with Gasteiger partial charge in [-0.05, 0) is 38.0 Å². The monoisotopic (exact) mass is 339 g/mol. The van der Waals surface area contributed by atoms with Gasteiger partial charge in [-0.25, -0.2) is 0 Å². The molecule has 0 heterocycles. The maximum Gasteiger partial charge on any atom is 0.260 e. The summed E-state index contributed by atoms with van der Waals surface area (Å²) in [4.78, 5) is 23.7. The maximum absolute atomic E-state index is 12.3. The van der Waals surface area contributed by atoms with Crippen LogP contribution in [0.3, 0.4) is 0 Å². The lowest BCUT2D eigenvalue weighted by molar-refractivity contribution is -0.127. The summed E-state index contributed by atoms with van der Waals surface area (Å²) in [5, 5.41) is 2.96. The third kappa shape index (κ3) is 5.45. The third-order valence-corrected chi connectivity index (χ3v) is 4.21. The van der Waals surface area contributed by atoms with Gasteiger partial charge >= 0.3 is 0 Å². The zero-order valence-corrected chi connectivity index (χ0v) is 15.0. The summed E-state index contributed by atoms with van der Waals surface area (Å²) in [6.45, 7) is 5.89. The van der Waals surface area contributed by atoms with Crippen LogP contribution in [0.1, 0.15) is 49.0 Å². The SMILES string of the molecule is CCC(CNC(=O)C(C)Oc1cccc(C(C)=O)c1)c1ccccc1. The van der Waals surface area contributed by atoms with Crippen LogP contribution in [-0.4, -0.2) is 24.3 Å². The van der Waals surface area contributed by atoms with E-state index in [2.05, 4.69) is 24.4 Å². The average Bonchev–Trinajstić information content (AvgIpc) is 2.63. The Morgan fingerprint density at radius 3 is 2.44 bits per heavy atom. The minimum atomic E-state index is -0.629. The van der Waals surface area contributed by atoms with Crippen LogP contribution in [0.5, 0.6) is 5.75 Å². The van der Waals surface area contributed by atoms with Gasteiger partial charge in [-0.3, -0.25) is 9.59 Å². The summed E-state index contributed by atoms with van der Waals surface area (Å²) in [5.74, 6) is 0.600. The number of rotatable bonds is 8. The van der Waals surface area contributed by atoms with Crippen LogP contribution in [0.2, 0.25) is 0 Å². The molecule has 4 heteroatoms. The molecule has 1 N–H and O–H groups in total. The van der Waals surface area contributed by atoms with Crippen molar-refractivity contribution in [1.29, 1.82) is 0 Å². The topological polar surface area (TPSA) is 55.4 Å². The number of amides is 1. The van der Waals surface area contributed by atoms with Gasteiger partial charge in [-0.1, -0.05) is 49.4 Å². The number of nitrogens with one attached hydrogen (secondary N) is 1. The zero-order valence-electron chi connectivity index (χ0n) is 15.0. The molecule has 0 saturated heterocycles. The Morgan fingerprint density at radius 2 is 1.80 bits per heavy atom. The predicted octanol–water partition coefficient (Wildman–Crippen LogP) is 3.97. The Morgan fingerprint density at radius 1 is 1.08 bits per heavy atom. The van der Waals surface area contributed by atoms with Crippen LogP contribution in [0, 0.1) is 0 Å². The van der Waals surface area contributed by atoms with Gasteiger partial charge in [0.15, 0.2) is 11.9 Å². The van der Waals surface area contributed by atoms with Crippen molar-refractivity contribution in [1.82, 2.24) is 5.32 Å². The molecule has 0 radical (unpaired) electrons. The van der Waals surface area contributed by atoms with Gasteiger partial charge < -0.3 is 10.1 Å². The van der Waals surface area contributed by atoms with E-state index in [1.807, 2.05) is 18.2 Å². The fourth-order valence-corrected chi connectivity index (χ4v) is 2.64. The first-order valence-corrected chi connectivity index (χ1v) is 8.61. The van der Waals surface area contributed by atoms with Crippen molar-refractivity contribution >= 4 is 11.7 Å². The Bertz CT molecular complexity index is 712. The van der Waals surface area contributed by atoms with Crippen molar-refractivity contribution in [2.24, 2.45) is 0 Å². The van der Waals surface area contributed by atoms with Crippen molar-refractivity contribution in [3.8, 4) is 5.75 Å². The molecule has 2 atom stereocenters. The van der Waals surface area contributed by atoms with Crippen LogP contribution in [0.4, 0.5) is 0 Å². The van der Waals surface area contributed by atoms with Crippen LogP contribution in [0.25, 0.3) is 0 Å². The summed E-state index contributed by atoms with van der Waals surface area (Å²) in [6.07, 6.45) is 0.315. The lowest BCUT2D eigenvalue weighted by atomic mass is 9.96. The summed E-state index contributed by atoms with van der Waals surface area (Å²) >= 11 is 0. The molecule has 0 aliphatic carbocycles. The second kappa shape index (κ2) is 9.02. The minimum absolute atomic E-state index is 0.0313. The van der Waals surface area contributed by atoms with Crippen molar-refractivity contribution in [2.75, 3.05) is 6.54 Å². The van der Waals surface area contributed by atoms with E-state index in [9.17, 15) is 9.59 Å². The number of hydrogen-bond donors (Lipinski definition) is 1. The number of benzene rings is 2. The van der Waals surface area contributed by atoms with E-state index in [0.29, 0.717) is 17.9 Å². The molecule has 4 nitrogen and oxygen atoms in total. The third-order valence-electron chi connectivity index (χ3n) is 4.21. The van der Waals surface area contributed by atoms with Gasteiger partial charge in [0.25, 0.3) is 5.91 Å². The Labute approximate surface area is 149 Å². The van der Waals surface area contributed by atoms with E-state index in [1.165, 1.54) is 12.5 Å². The highest BCUT2D eigenvalue weighted by Gasteiger charge is 2.17. The second-order valence-corrected chi connectivity index (χ2v) is 6.11. The van der Waals surface area contributed by atoms with E-state index in [-0.39, 0.29) is 17.6 Å². The summed E-state index contributed by atoms with van der Waals surface area (Å²) in [7, 11) is 0. The molecule has 2 aromatic carbocycles. The molecule has 0 saturated carbocycles. The number of carbonyl (C=O) groups excluding carboxylic acids is 2. The van der Waals surface area contributed by atoms with Crippen LogP contribution < -0.4 is 10.1 Å². The van der Waals surface area contributed by atoms with Crippen LogP contribution >= 0.6 is 0 Å². The molecular formula is C21H25NO3. The highest BCUT2D eigenvalue weighted by Crippen LogP contribution is 2.18. The van der Waals surface area contributed by atoms with E-state index >= 15 is 0 Å². The predicted molar refractivity (Wildman–Crippen MR) is 99.0 cm³/mol. The van der Waals surface area contributed by atoms with Gasteiger partial charge in [0.1, 0.15) is 5.75 Å². The van der Waals surface area contributed by atoms with Crippen LogP contribution in [0.15, 0.2) is 54.6 Å². The van der Waals surface area contributed by atoms with E-state index < -0.39 is 6.10 Å². The van der Waals surface area contributed by atoms with Gasteiger partial charge in [0.05, 0.1) is 0 Å². The standard InChI is InChI=1S/C21H25NO3/c1-4-17(18-9-6-5-7-10-18)14-22-21(24)16(3)25-20-12-8-11-19(13-20)15(2)23/h5-13,16-17H,4,14H2,1-3H3,(H,22,24). The van der Waals surface area contributed by atoms with E-state index in [0.717, 1.165) is 6.42 Å². The number of carbonyl (C=O) groups is 2. The summed E-state index contributed by atoms with van der Waals surface area (Å²) in [5.41, 5.74) is 1.79. The van der Waals surface area contributed by atoms with Gasteiger partial charge in [-0.15, -0.1) is 0 Å². The first-order chi connectivity index (χ1) is 12.0. The molecule has 0 fully saturated rings. The Kier molecular flexibility index (Phi) is 6.75. The highest BCUT2D eigenvalue weighted by atomic mass is 16.5. The zero-order chi connectivity index (χ0) is 18.2. The maximum atomic E-state index is 12.3. The first-order valence-electron chi connectivity index (χ1n) is 8.61. The second-order valence-electron chi connectivity index (χ2n) is 6.11. The molecule has 132 valence electrons. The van der Waals surface area contributed by atoms with Gasteiger partial charge in [0.2, 0.25) is 0 Å². The largest absolute Gasteiger partial charge is 0.481 e. The molecule has 0 aromatic heterocycles. The lowest BCUT2D eigenvalue weighted by Gasteiger charge is -2.19. The van der Waals surface area contributed by atoms with Crippen LogP contribution in [-0.2, 0) is 4.79 Å². The lowest BCUT2D eigenvalue weighted by Crippen LogP contribution is -2.38. The van der Waals surface area contributed by atoms with Crippen molar-refractivity contribution < 1.29 is 14.3 Å². The Hall–Kier alpha value is -2.62. The molecule has 2 aromatic rings. The van der Waals surface area contributed by atoms with Crippen molar-refractivity contribution in [2.45, 2.75) is 39.2 Å². The molecule has 0 bridgehead atoms. The van der Waals surface area contributed by atoms with Gasteiger partial charge in [0, 0.05) is 18.0 Å². The first kappa shape index (κ1) is 18.7. The number of Topliss-reactive ketones (excluding diaryl/α,β-unsaturated/α-hetero) is 1. The Balaban J connectivity index is 1.91. The number of ketones is 1. The molecule has 2 unspecified atom stereocenters. The fraction of sp³-hybridized carbons (Fsp3) is 0.333. The van der Waals surface area contributed by atoms with E-state index in [4.69, 9.17) is 4.74 Å². The fourth-order valence-electron chi connectivity index (χ4n) is 2.64. The summed E-state index contributed by atoms with van der Waals surface area (Å²) < 4.78 is 5.67. The van der Waals surface area contributed by atoms with E-state index in [1.54, 1.807) is 31.2 Å². The molecule has 0 aliphatic rings. The number of ether oxygens (including phenoxy) is 1. The number of hydrogen-bond acceptors (Lipinski definition) is 3. The summed E-state index contributed by atoms with van der Waals surface area (Å²) in [6, 6.07) is 17.0. The molecule has 0 aliphatic heterocycles. The minimum Gasteiger partial charge on any atom is -0.481 e. The molecule has 0 spiro atoms. The van der Waals surface area contributed by atoms with Gasteiger partial charge in [-0.2, -0.15) is 0 Å². The molecule has 1 amide bonds. The van der Waals surface area contributed by atoms with Crippen molar-refractivity contribution in [3.05, 3.63) is 65.7 Å². The quantitative estimate of drug-likeness (QED) is 0.741. The molecule has 25 heavy (non-hydrogen) atoms. The molecular weight excluding hydrogens is 314 g/mol. The smallest absolute Gasteiger partial charge is 0.260 e. The molecule has 2 rings (SSSR count). The van der Waals surface area contributed by atoms with Crippen molar-refractivity contribution in [3.63, 3.8) is 0 Å². The highest BCUT2D eigenvalue weighted by molar-refractivity contribution is 5.94.